The SMILES string of the molecule is O=C(CN(CCN1CCOCC1)C(=O)c1cc(Cl)cc(Cl)c1)N(Cc1ccccc1)Cc1cccs1. The summed E-state index contributed by atoms with van der Waals surface area (Å²) < 4.78 is 5.44. The van der Waals surface area contributed by atoms with Crippen molar-refractivity contribution in [1.29, 1.82) is 0 Å². The van der Waals surface area contributed by atoms with Crippen LogP contribution in [0, 0.1) is 0 Å². The van der Waals surface area contributed by atoms with Crippen LogP contribution in [0.2, 0.25) is 10.0 Å². The molecular weight excluding hydrogens is 517 g/mol. The molecule has 1 fully saturated rings. The Labute approximate surface area is 226 Å². The van der Waals surface area contributed by atoms with Gasteiger partial charge in [0.1, 0.15) is 6.54 Å². The van der Waals surface area contributed by atoms with Crippen molar-refractivity contribution in [2.45, 2.75) is 13.1 Å². The molecule has 2 heterocycles. The van der Waals surface area contributed by atoms with Crippen molar-refractivity contribution >= 4 is 46.4 Å². The molecule has 0 bridgehead atoms. The molecule has 1 aliphatic rings. The van der Waals surface area contributed by atoms with Crippen LogP contribution in [-0.4, -0.2) is 72.5 Å². The van der Waals surface area contributed by atoms with Gasteiger partial charge in [0.05, 0.1) is 19.8 Å². The lowest BCUT2D eigenvalue weighted by Crippen LogP contribution is -2.47. The summed E-state index contributed by atoms with van der Waals surface area (Å²) in [6.45, 7) is 4.92. The Kier molecular flexibility index (Phi) is 9.78. The van der Waals surface area contributed by atoms with E-state index < -0.39 is 0 Å². The molecular formula is C27H29Cl2N3O3S. The molecule has 0 unspecified atom stereocenters. The first kappa shape index (κ1) is 26.6. The van der Waals surface area contributed by atoms with Gasteiger partial charge in [-0.1, -0.05) is 59.6 Å². The van der Waals surface area contributed by atoms with E-state index >= 15 is 0 Å². The highest BCUT2D eigenvalue weighted by Crippen LogP contribution is 2.21. The van der Waals surface area contributed by atoms with Crippen LogP contribution >= 0.6 is 34.5 Å². The highest BCUT2D eigenvalue weighted by Gasteiger charge is 2.24. The summed E-state index contributed by atoms with van der Waals surface area (Å²) in [5, 5.41) is 2.77. The Hall–Kier alpha value is -2.42. The van der Waals surface area contributed by atoms with E-state index in [-0.39, 0.29) is 18.4 Å². The van der Waals surface area contributed by atoms with Crippen molar-refractivity contribution in [1.82, 2.24) is 14.7 Å². The number of hydrogen-bond donors (Lipinski definition) is 0. The molecule has 0 spiro atoms. The molecule has 9 heteroatoms. The van der Waals surface area contributed by atoms with Crippen LogP contribution in [0.15, 0.2) is 66.0 Å². The van der Waals surface area contributed by atoms with Gasteiger partial charge in [-0.2, -0.15) is 0 Å². The number of rotatable bonds is 10. The third-order valence-corrected chi connectivity index (χ3v) is 7.31. The molecule has 6 nitrogen and oxygen atoms in total. The average Bonchev–Trinajstić information content (AvgIpc) is 3.39. The first-order chi connectivity index (χ1) is 17.5. The summed E-state index contributed by atoms with van der Waals surface area (Å²) in [5.74, 6) is -0.382. The average molecular weight is 547 g/mol. The maximum atomic E-state index is 13.7. The van der Waals surface area contributed by atoms with Crippen LogP contribution in [0.3, 0.4) is 0 Å². The summed E-state index contributed by atoms with van der Waals surface area (Å²) in [7, 11) is 0. The molecule has 0 aliphatic carbocycles. The van der Waals surface area contributed by atoms with Crippen molar-refractivity contribution in [2.75, 3.05) is 45.9 Å². The summed E-state index contributed by atoms with van der Waals surface area (Å²) in [5.41, 5.74) is 1.41. The summed E-state index contributed by atoms with van der Waals surface area (Å²) in [4.78, 5) is 34.0. The van der Waals surface area contributed by atoms with Crippen LogP contribution in [0.25, 0.3) is 0 Å². The van der Waals surface area contributed by atoms with E-state index in [1.165, 1.54) is 0 Å². The second-order valence-electron chi connectivity index (χ2n) is 8.65. The molecule has 2 aromatic carbocycles. The van der Waals surface area contributed by atoms with Crippen LogP contribution in [-0.2, 0) is 22.6 Å². The lowest BCUT2D eigenvalue weighted by molar-refractivity contribution is -0.133. The molecule has 0 atom stereocenters. The number of ether oxygens (including phenoxy) is 1. The lowest BCUT2D eigenvalue weighted by atomic mass is 10.2. The van der Waals surface area contributed by atoms with Gasteiger partial charge >= 0.3 is 0 Å². The summed E-state index contributed by atoms with van der Waals surface area (Å²) in [6, 6.07) is 18.7. The molecule has 1 aromatic heterocycles. The number of carbonyl (C=O) groups excluding carboxylic acids is 2. The van der Waals surface area contributed by atoms with Gasteiger partial charge in [-0.05, 0) is 35.2 Å². The quantitative estimate of drug-likeness (QED) is 0.357. The highest BCUT2D eigenvalue weighted by atomic mass is 35.5. The fraction of sp³-hybridized carbons (Fsp3) is 0.333. The molecule has 190 valence electrons. The van der Waals surface area contributed by atoms with Gasteiger partial charge in [-0.15, -0.1) is 11.3 Å². The number of halogens is 2. The molecule has 0 radical (unpaired) electrons. The van der Waals surface area contributed by atoms with Crippen LogP contribution in [0.1, 0.15) is 20.8 Å². The zero-order valence-electron chi connectivity index (χ0n) is 19.9. The number of nitrogens with zero attached hydrogens (tertiary/aromatic N) is 3. The van der Waals surface area contributed by atoms with Gasteiger partial charge in [0.25, 0.3) is 5.91 Å². The van der Waals surface area contributed by atoms with E-state index in [2.05, 4.69) is 4.90 Å². The number of amides is 2. The fourth-order valence-corrected chi connectivity index (χ4v) is 5.33. The number of morpholine rings is 1. The number of benzene rings is 2. The Morgan fingerprint density at radius 3 is 2.31 bits per heavy atom. The molecule has 36 heavy (non-hydrogen) atoms. The van der Waals surface area contributed by atoms with E-state index in [0.717, 1.165) is 23.5 Å². The predicted octanol–water partition coefficient (Wildman–Crippen LogP) is 5.06. The summed E-state index contributed by atoms with van der Waals surface area (Å²) >= 11 is 14.0. The Bertz CT molecular complexity index is 1120. The van der Waals surface area contributed by atoms with Crippen molar-refractivity contribution in [3.8, 4) is 0 Å². The molecule has 3 aromatic rings. The van der Waals surface area contributed by atoms with E-state index in [4.69, 9.17) is 27.9 Å². The van der Waals surface area contributed by atoms with Gasteiger partial charge in [0, 0.05) is 53.2 Å². The first-order valence-electron chi connectivity index (χ1n) is 11.9. The normalized spacial score (nSPS) is 13.9. The maximum absolute atomic E-state index is 13.7. The molecule has 2 amide bonds. The second kappa shape index (κ2) is 13.2. The predicted molar refractivity (Wildman–Crippen MR) is 145 cm³/mol. The molecule has 0 saturated carbocycles. The van der Waals surface area contributed by atoms with E-state index in [0.29, 0.717) is 55.0 Å². The smallest absolute Gasteiger partial charge is 0.254 e. The molecule has 1 saturated heterocycles. The van der Waals surface area contributed by atoms with Gasteiger partial charge in [-0.25, -0.2) is 0 Å². The third kappa shape index (κ3) is 7.79. The second-order valence-corrected chi connectivity index (χ2v) is 10.6. The van der Waals surface area contributed by atoms with E-state index in [9.17, 15) is 9.59 Å². The van der Waals surface area contributed by atoms with Crippen LogP contribution < -0.4 is 0 Å². The zero-order valence-corrected chi connectivity index (χ0v) is 22.3. The van der Waals surface area contributed by atoms with E-state index in [1.807, 2.05) is 47.8 Å². The van der Waals surface area contributed by atoms with Gasteiger partial charge < -0.3 is 14.5 Å². The van der Waals surface area contributed by atoms with Crippen LogP contribution in [0.4, 0.5) is 0 Å². The highest BCUT2D eigenvalue weighted by molar-refractivity contribution is 7.09. The minimum atomic E-state index is -0.267. The Balaban J connectivity index is 1.53. The monoisotopic (exact) mass is 545 g/mol. The number of carbonyl (C=O) groups is 2. The van der Waals surface area contributed by atoms with Crippen molar-refractivity contribution < 1.29 is 14.3 Å². The molecule has 1 aliphatic heterocycles. The Morgan fingerprint density at radius 2 is 1.64 bits per heavy atom. The zero-order chi connectivity index (χ0) is 25.3. The largest absolute Gasteiger partial charge is 0.379 e. The van der Waals surface area contributed by atoms with Crippen molar-refractivity contribution in [3.63, 3.8) is 0 Å². The number of hydrogen-bond acceptors (Lipinski definition) is 5. The third-order valence-electron chi connectivity index (χ3n) is 6.01. The minimum Gasteiger partial charge on any atom is -0.379 e. The van der Waals surface area contributed by atoms with Gasteiger partial charge in [0.2, 0.25) is 5.91 Å². The van der Waals surface area contributed by atoms with Gasteiger partial charge in [-0.3, -0.25) is 14.5 Å². The Morgan fingerprint density at radius 1 is 0.917 bits per heavy atom. The molecule has 4 rings (SSSR count). The van der Waals surface area contributed by atoms with Crippen LogP contribution in [0.5, 0.6) is 0 Å². The standard InChI is InChI=1S/C27H29Cl2N3O3S/c28-23-15-22(16-24(29)17-23)27(34)31(9-8-30-10-12-35-13-11-30)20-26(33)32(19-25-7-4-14-36-25)18-21-5-2-1-3-6-21/h1-7,14-17H,8-13,18-20H2. The van der Waals surface area contributed by atoms with Gasteiger partial charge in [0.15, 0.2) is 0 Å². The minimum absolute atomic E-state index is 0.0362. The van der Waals surface area contributed by atoms with E-state index in [1.54, 1.807) is 39.3 Å². The topological polar surface area (TPSA) is 53.1 Å². The summed E-state index contributed by atoms with van der Waals surface area (Å²) in [6.07, 6.45) is 0. The lowest BCUT2D eigenvalue weighted by Gasteiger charge is -2.31. The molecule has 0 N–H and O–H groups in total. The first-order valence-corrected chi connectivity index (χ1v) is 13.5. The van der Waals surface area contributed by atoms with Crippen molar-refractivity contribution in [2.24, 2.45) is 0 Å². The number of thiophene rings is 1. The fourth-order valence-electron chi connectivity index (χ4n) is 4.09. The van der Waals surface area contributed by atoms with Crippen molar-refractivity contribution in [3.05, 3.63) is 92.1 Å². The maximum Gasteiger partial charge on any atom is 0.254 e.